The number of nitrogens with one attached hydrogen (secondary N) is 1. The number of pyridine rings is 1. The summed E-state index contributed by atoms with van der Waals surface area (Å²) >= 11 is 6.40. The van der Waals surface area contributed by atoms with Crippen LogP contribution in [0.5, 0.6) is 5.75 Å². The number of aromatic nitrogens is 1. The van der Waals surface area contributed by atoms with Crippen molar-refractivity contribution in [2.24, 2.45) is 5.92 Å². The van der Waals surface area contributed by atoms with Crippen LogP contribution in [-0.4, -0.2) is 25.2 Å². The molecule has 1 aliphatic rings. The highest BCUT2D eigenvalue weighted by atomic mass is 35.5. The molecule has 3 nitrogen and oxygen atoms in total. The minimum atomic E-state index is 0. The molecule has 1 aromatic carbocycles. The maximum absolute atomic E-state index is 6.40. The number of hydrogen-bond donors (Lipinski definition) is 1. The first-order chi connectivity index (χ1) is 9.78. The van der Waals surface area contributed by atoms with Gasteiger partial charge in [-0.2, -0.15) is 0 Å². The summed E-state index contributed by atoms with van der Waals surface area (Å²) in [6, 6.07) is 5.98. The van der Waals surface area contributed by atoms with E-state index in [1.165, 1.54) is 18.4 Å². The second-order valence-corrected chi connectivity index (χ2v) is 5.77. The number of ether oxygens (including phenoxy) is 1. The van der Waals surface area contributed by atoms with Crippen molar-refractivity contribution in [2.45, 2.75) is 19.3 Å². The lowest BCUT2D eigenvalue weighted by Crippen LogP contribution is -2.28. The molecular formula is C16H20Cl2N2O. The Morgan fingerprint density at radius 2 is 2.10 bits per heavy atom. The summed E-state index contributed by atoms with van der Waals surface area (Å²) in [5, 5.41) is 5.29. The van der Waals surface area contributed by atoms with Crippen LogP contribution >= 0.6 is 24.0 Å². The molecule has 0 radical (unpaired) electrons. The molecule has 21 heavy (non-hydrogen) atoms. The number of nitrogens with zero attached hydrogens (tertiary/aromatic N) is 1. The van der Waals surface area contributed by atoms with Gasteiger partial charge in [0.15, 0.2) is 0 Å². The minimum Gasteiger partial charge on any atom is -0.497 e. The third-order valence-corrected chi connectivity index (χ3v) is 4.41. The van der Waals surface area contributed by atoms with Crippen LogP contribution in [0.15, 0.2) is 24.4 Å². The van der Waals surface area contributed by atoms with Crippen LogP contribution in [0.2, 0.25) is 5.02 Å². The van der Waals surface area contributed by atoms with Crippen LogP contribution in [0.25, 0.3) is 10.9 Å². The topological polar surface area (TPSA) is 34.1 Å². The smallest absolute Gasteiger partial charge is 0.119 e. The highest BCUT2D eigenvalue weighted by molar-refractivity contribution is 6.32. The summed E-state index contributed by atoms with van der Waals surface area (Å²) in [6.07, 6.45) is 5.22. The lowest BCUT2D eigenvalue weighted by atomic mass is 9.89. The second-order valence-electron chi connectivity index (χ2n) is 5.37. The summed E-state index contributed by atoms with van der Waals surface area (Å²) in [5.74, 6) is 1.55. The first kappa shape index (κ1) is 16.3. The Morgan fingerprint density at radius 3 is 2.81 bits per heavy atom. The first-order valence-electron chi connectivity index (χ1n) is 7.10. The number of hydrogen-bond acceptors (Lipinski definition) is 3. The summed E-state index contributed by atoms with van der Waals surface area (Å²) in [4.78, 5) is 4.41. The summed E-state index contributed by atoms with van der Waals surface area (Å²) in [6.45, 7) is 2.21. The van der Waals surface area contributed by atoms with E-state index in [0.717, 1.165) is 41.2 Å². The molecule has 1 fully saturated rings. The highest BCUT2D eigenvalue weighted by Crippen LogP contribution is 2.31. The van der Waals surface area contributed by atoms with Crippen molar-refractivity contribution >= 4 is 34.9 Å². The Labute approximate surface area is 136 Å². The lowest BCUT2D eigenvalue weighted by Gasteiger charge is -2.23. The van der Waals surface area contributed by atoms with Gasteiger partial charge < -0.3 is 10.1 Å². The van der Waals surface area contributed by atoms with E-state index in [4.69, 9.17) is 16.3 Å². The van der Waals surface area contributed by atoms with Gasteiger partial charge in [-0.25, -0.2) is 0 Å². The molecule has 0 saturated carbocycles. The third kappa shape index (κ3) is 3.60. The fourth-order valence-electron chi connectivity index (χ4n) is 2.91. The van der Waals surface area contributed by atoms with Gasteiger partial charge in [0.05, 0.1) is 17.6 Å². The third-order valence-electron chi connectivity index (χ3n) is 4.09. The second kappa shape index (κ2) is 7.30. The van der Waals surface area contributed by atoms with Crippen LogP contribution in [-0.2, 0) is 6.42 Å². The Kier molecular flexibility index (Phi) is 5.68. The molecular weight excluding hydrogens is 307 g/mol. The molecule has 0 unspecified atom stereocenters. The molecule has 0 amide bonds. The Bertz CT molecular complexity index is 612. The van der Waals surface area contributed by atoms with E-state index in [1.54, 1.807) is 13.3 Å². The predicted octanol–water partition coefficient (Wildman–Crippen LogP) is 3.86. The van der Waals surface area contributed by atoms with Crippen molar-refractivity contribution in [3.63, 3.8) is 0 Å². The van der Waals surface area contributed by atoms with Crippen LogP contribution in [0.4, 0.5) is 0 Å². The van der Waals surface area contributed by atoms with E-state index in [0.29, 0.717) is 5.92 Å². The fraction of sp³-hybridized carbons (Fsp3) is 0.438. The van der Waals surface area contributed by atoms with Gasteiger partial charge in [-0.1, -0.05) is 11.6 Å². The van der Waals surface area contributed by atoms with Gasteiger partial charge in [0.1, 0.15) is 5.75 Å². The number of rotatable bonds is 3. The molecule has 3 rings (SSSR count). The van der Waals surface area contributed by atoms with Gasteiger partial charge in [-0.3, -0.25) is 4.98 Å². The molecule has 1 N–H and O–H groups in total. The quantitative estimate of drug-likeness (QED) is 0.929. The van der Waals surface area contributed by atoms with Gasteiger partial charge in [0.2, 0.25) is 0 Å². The number of fused-ring (bicyclic) bond motifs is 1. The molecule has 1 aliphatic heterocycles. The largest absolute Gasteiger partial charge is 0.497 e. The molecule has 0 atom stereocenters. The van der Waals surface area contributed by atoms with E-state index in [2.05, 4.69) is 10.3 Å². The molecule has 1 saturated heterocycles. The average molecular weight is 327 g/mol. The molecule has 2 aromatic rings. The lowest BCUT2D eigenvalue weighted by molar-refractivity contribution is 0.373. The summed E-state index contributed by atoms with van der Waals surface area (Å²) < 4.78 is 5.33. The molecule has 0 bridgehead atoms. The zero-order valence-corrected chi connectivity index (χ0v) is 13.6. The first-order valence-corrected chi connectivity index (χ1v) is 7.47. The van der Waals surface area contributed by atoms with E-state index >= 15 is 0 Å². The van der Waals surface area contributed by atoms with Crippen LogP contribution < -0.4 is 10.1 Å². The van der Waals surface area contributed by atoms with Crippen LogP contribution in [0, 0.1) is 5.92 Å². The van der Waals surface area contributed by atoms with Crippen molar-refractivity contribution in [1.29, 1.82) is 0 Å². The molecule has 0 spiro atoms. The monoisotopic (exact) mass is 326 g/mol. The Hall–Kier alpha value is -1.03. The zero-order valence-electron chi connectivity index (χ0n) is 12.1. The standard InChI is InChI=1S/C16H19ClN2O.ClH/c1-20-12-2-3-16-14(9-12)13(15(17)10-19-16)8-11-4-6-18-7-5-11;/h2-3,9-11,18H,4-8H2,1H3;1H. The molecule has 114 valence electrons. The fourth-order valence-corrected chi connectivity index (χ4v) is 3.14. The maximum atomic E-state index is 6.40. The van der Waals surface area contributed by atoms with Gasteiger partial charge >= 0.3 is 0 Å². The average Bonchev–Trinajstić information content (AvgIpc) is 2.51. The Balaban J connectivity index is 0.00000161. The molecule has 2 heterocycles. The van der Waals surface area contributed by atoms with Crippen molar-refractivity contribution < 1.29 is 4.74 Å². The number of piperidine rings is 1. The number of methoxy groups -OCH3 is 1. The van der Waals surface area contributed by atoms with E-state index in [-0.39, 0.29) is 12.4 Å². The predicted molar refractivity (Wildman–Crippen MR) is 89.9 cm³/mol. The molecule has 1 aromatic heterocycles. The summed E-state index contributed by atoms with van der Waals surface area (Å²) in [5.41, 5.74) is 2.20. The maximum Gasteiger partial charge on any atom is 0.119 e. The van der Waals surface area contributed by atoms with Gasteiger partial charge in [0.25, 0.3) is 0 Å². The molecule has 0 aliphatic carbocycles. The van der Waals surface area contributed by atoms with Crippen LogP contribution in [0.1, 0.15) is 18.4 Å². The number of benzene rings is 1. The van der Waals surface area contributed by atoms with Gasteiger partial charge in [-0.05, 0) is 62.0 Å². The van der Waals surface area contributed by atoms with Crippen molar-refractivity contribution in [2.75, 3.05) is 20.2 Å². The van der Waals surface area contributed by atoms with Crippen molar-refractivity contribution in [3.05, 3.63) is 35.0 Å². The molecule has 5 heteroatoms. The van der Waals surface area contributed by atoms with E-state index in [1.807, 2.05) is 18.2 Å². The van der Waals surface area contributed by atoms with E-state index in [9.17, 15) is 0 Å². The van der Waals surface area contributed by atoms with Gasteiger partial charge in [0, 0.05) is 11.6 Å². The normalized spacial score (nSPS) is 15.7. The van der Waals surface area contributed by atoms with Gasteiger partial charge in [-0.15, -0.1) is 12.4 Å². The Morgan fingerprint density at radius 1 is 1.33 bits per heavy atom. The highest BCUT2D eigenvalue weighted by Gasteiger charge is 2.17. The van der Waals surface area contributed by atoms with E-state index < -0.39 is 0 Å². The SMILES string of the molecule is COc1ccc2ncc(Cl)c(CC3CCNCC3)c2c1.Cl. The van der Waals surface area contributed by atoms with Crippen LogP contribution in [0.3, 0.4) is 0 Å². The zero-order chi connectivity index (χ0) is 13.9. The minimum absolute atomic E-state index is 0. The van der Waals surface area contributed by atoms with Crippen molar-refractivity contribution in [1.82, 2.24) is 10.3 Å². The summed E-state index contributed by atoms with van der Waals surface area (Å²) in [7, 11) is 1.69. The number of halogens is 2. The van der Waals surface area contributed by atoms with Crippen molar-refractivity contribution in [3.8, 4) is 5.75 Å².